The molecule has 1 aromatic rings. The molecule has 0 spiro atoms. The van der Waals surface area contributed by atoms with Crippen LogP contribution < -0.4 is 0 Å². The van der Waals surface area contributed by atoms with Gasteiger partial charge in [-0.05, 0) is 11.6 Å². The molecular formula is C13H14N2. The van der Waals surface area contributed by atoms with Gasteiger partial charge in [0.25, 0.3) is 0 Å². The molecule has 0 amide bonds. The average Bonchev–Trinajstić information content (AvgIpc) is 2.41. The Kier molecular flexibility index (Phi) is 2.50. The van der Waals surface area contributed by atoms with Crippen LogP contribution in [0.2, 0.25) is 0 Å². The zero-order valence-electron chi connectivity index (χ0n) is 9.01. The van der Waals surface area contributed by atoms with E-state index in [0.717, 1.165) is 11.3 Å². The van der Waals surface area contributed by atoms with Crippen LogP contribution in [-0.4, -0.2) is 9.97 Å². The molecule has 2 nitrogen and oxygen atoms in total. The number of hydrogen-bond acceptors (Lipinski definition) is 2. The predicted octanol–water partition coefficient (Wildman–Crippen LogP) is 3.01. The fraction of sp³-hybridized carbons (Fsp3) is 0.231. The van der Waals surface area contributed by atoms with Crippen LogP contribution in [0.5, 0.6) is 0 Å². The van der Waals surface area contributed by atoms with Crippen molar-refractivity contribution in [1.29, 1.82) is 0 Å². The van der Waals surface area contributed by atoms with Gasteiger partial charge in [0.2, 0.25) is 0 Å². The summed E-state index contributed by atoms with van der Waals surface area (Å²) in [6, 6.07) is 1.92. The van der Waals surface area contributed by atoms with Crippen molar-refractivity contribution in [3.05, 3.63) is 54.7 Å². The Balaban J connectivity index is 2.34. The van der Waals surface area contributed by atoms with Crippen molar-refractivity contribution < 1.29 is 0 Å². The van der Waals surface area contributed by atoms with E-state index in [1.54, 1.807) is 12.5 Å². The van der Waals surface area contributed by atoms with E-state index in [4.69, 9.17) is 0 Å². The fourth-order valence-electron chi connectivity index (χ4n) is 1.45. The second kappa shape index (κ2) is 3.81. The first kappa shape index (κ1) is 9.84. The predicted molar refractivity (Wildman–Crippen MR) is 62.1 cm³/mol. The van der Waals surface area contributed by atoms with E-state index in [2.05, 4.69) is 54.2 Å². The SMILES string of the molecule is CC1(C)C=CC=C(c2ccncn2)C=C1. The summed E-state index contributed by atoms with van der Waals surface area (Å²) in [5.74, 6) is 0. The molecule has 1 heterocycles. The maximum absolute atomic E-state index is 4.23. The highest BCUT2D eigenvalue weighted by Gasteiger charge is 2.11. The van der Waals surface area contributed by atoms with E-state index in [-0.39, 0.29) is 5.41 Å². The van der Waals surface area contributed by atoms with Gasteiger partial charge in [-0.1, -0.05) is 44.2 Å². The summed E-state index contributed by atoms with van der Waals surface area (Å²) in [5, 5.41) is 0. The minimum absolute atomic E-state index is 0.116. The molecule has 1 aliphatic rings. The van der Waals surface area contributed by atoms with Crippen molar-refractivity contribution in [1.82, 2.24) is 9.97 Å². The van der Waals surface area contributed by atoms with Gasteiger partial charge in [0.15, 0.2) is 0 Å². The maximum atomic E-state index is 4.23. The van der Waals surface area contributed by atoms with Gasteiger partial charge in [0, 0.05) is 11.6 Å². The third-order valence-electron chi connectivity index (χ3n) is 2.37. The van der Waals surface area contributed by atoms with Gasteiger partial charge < -0.3 is 0 Å². The first-order valence-electron chi connectivity index (χ1n) is 5.02. The monoisotopic (exact) mass is 198 g/mol. The molecule has 76 valence electrons. The second-order valence-corrected chi connectivity index (χ2v) is 4.23. The number of aromatic nitrogens is 2. The van der Waals surface area contributed by atoms with Crippen molar-refractivity contribution in [2.75, 3.05) is 0 Å². The molecule has 1 aromatic heterocycles. The molecule has 0 saturated heterocycles. The number of hydrogen-bond donors (Lipinski definition) is 0. The van der Waals surface area contributed by atoms with E-state index in [9.17, 15) is 0 Å². The molecule has 0 saturated carbocycles. The molecule has 0 fully saturated rings. The Labute approximate surface area is 90.1 Å². The number of allylic oxidation sites excluding steroid dienone is 6. The van der Waals surface area contributed by atoms with Crippen LogP contribution in [-0.2, 0) is 0 Å². The maximum Gasteiger partial charge on any atom is 0.116 e. The Morgan fingerprint density at radius 1 is 1.20 bits per heavy atom. The standard InChI is InChI=1S/C13H14N2/c1-13(2)7-3-4-11(5-8-13)12-6-9-14-10-15-12/h3-10H,1-2H3. The third kappa shape index (κ3) is 2.40. The molecule has 2 heteroatoms. The van der Waals surface area contributed by atoms with Crippen LogP contribution >= 0.6 is 0 Å². The minimum atomic E-state index is 0.116. The van der Waals surface area contributed by atoms with Crippen molar-refractivity contribution >= 4 is 5.57 Å². The summed E-state index contributed by atoms with van der Waals surface area (Å²) in [6.45, 7) is 4.35. The summed E-state index contributed by atoms with van der Waals surface area (Å²) < 4.78 is 0. The Morgan fingerprint density at radius 3 is 2.80 bits per heavy atom. The quantitative estimate of drug-likeness (QED) is 0.693. The number of nitrogens with zero attached hydrogens (tertiary/aromatic N) is 2. The van der Waals surface area contributed by atoms with Crippen LogP contribution in [0.25, 0.3) is 5.57 Å². The first-order valence-corrected chi connectivity index (χ1v) is 5.02. The highest BCUT2D eigenvalue weighted by molar-refractivity contribution is 5.73. The Morgan fingerprint density at radius 2 is 2.07 bits per heavy atom. The molecule has 0 unspecified atom stereocenters. The molecular weight excluding hydrogens is 184 g/mol. The van der Waals surface area contributed by atoms with Crippen molar-refractivity contribution in [2.24, 2.45) is 5.41 Å². The van der Waals surface area contributed by atoms with Crippen molar-refractivity contribution in [3.63, 3.8) is 0 Å². The minimum Gasteiger partial charge on any atom is -0.245 e. The van der Waals surface area contributed by atoms with E-state index in [0.29, 0.717) is 0 Å². The third-order valence-corrected chi connectivity index (χ3v) is 2.37. The van der Waals surface area contributed by atoms with E-state index in [1.165, 1.54) is 0 Å². The van der Waals surface area contributed by atoms with Crippen molar-refractivity contribution in [2.45, 2.75) is 13.8 Å². The van der Waals surface area contributed by atoms with Gasteiger partial charge in [-0.15, -0.1) is 0 Å². The summed E-state index contributed by atoms with van der Waals surface area (Å²) in [7, 11) is 0. The summed E-state index contributed by atoms with van der Waals surface area (Å²) in [5.41, 5.74) is 2.20. The molecule has 0 aliphatic heterocycles. The topological polar surface area (TPSA) is 25.8 Å². The zero-order chi connectivity index (χ0) is 10.7. The molecule has 0 bridgehead atoms. The molecule has 1 aliphatic carbocycles. The second-order valence-electron chi connectivity index (χ2n) is 4.23. The highest BCUT2D eigenvalue weighted by Crippen LogP contribution is 2.25. The largest absolute Gasteiger partial charge is 0.245 e. The van der Waals surface area contributed by atoms with Crippen LogP contribution in [0.15, 0.2) is 49.0 Å². The molecule has 0 atom stereocenters. The van der Waals surface area contributed by atoms with Gasteiger partial charge in [0.05, 0.1) is 5.69 Å². The van der Waals surface area contributed by atoms with Crippen LogP contribution in [0.3, 0.4) is 0 Å². The normalized spacial score (nSPS) is 18.4. The van der Waals surface area contributed by atoms with E-state index in [1.807, 2.05) is 6.07 Å². The molecule has 0 radical (unpaired) electrons. The van der Waals surface area contributed by atoms with Gasteiger partial charge >= 0.3 is 0 Å². The van der Waals surface area contributed by atoms with Gasteiger partial charge in [-0.2, -0.15) is 0 Å². The molecule has 15 heavy (non-hydrogen) atoms. The van der Waals surface area contributed by atoms with Crippen molar-refractivity contribution in [3.8, 4) is 0 Å². The molecule has 0 aromatic carbocycles. The smallest absolute Gasteiger partial charge is 0.116 e. The van der Waals surface area contributed by atoms with Crippen LogP contribution in [0.1, 0.15) is 19.5 Å². The van der Waals surface area contributed by atoms with Gasteiger partial charge in [-0.25, -0.2) is 9.97 Å². The van der Waals surface area contributed by atoms with Crippen LogP contribution in [0.4, 0.5) is 0 Å². The lowest BCUT2D eigenvalue weighted by atomic mass is 9.93. The Hall–Kier alpha value is -1.70. The van der Waals surface area contributed by atoms with Gasteiger partial charge in [0.1, 0.15) is 6.33 Å². The summed E-state index contributed by atoms with van der Waals surface area (Å²) in [6.07, 6.45) is 14.0. The first-order chi connectivity index (χ1) is 7.17. The van der Waals surface area contributed by atoms with E-state index < -0.39 is 0 Å². The summed E-state index contributed by atoms with van der Waals surface area (Å²) in [4.78, 5) is 8.14. The lowest BCUT2D eigenvalue weighted by molar-refractivity contribution is 0.627. The Bertz CT molecular complexity index is 425. The average molecular weight is 198 g/mol. The fourth-order valence-corrected chi connectivity index (χ4v) is 1.45. The zero-order valence-corrected chi connectivity index (χ0v) is 9.01. The van der Waals surface area contributed by atoms with Gasteiger partial charge in [-0.3, -0.25) is 0 Å². The highest BCUT2D eigenvalue weighted by atomic mass is 14.8. The molecule has 2 rings (SSSR count). The number of rotatable bonds is 1. The lowest BCUT2D eigenvalue weighted by Crippen LogP contribution is -2.00. The van der Waals surface area contributed by atoms with Crippen LogP contribution in [0, 0.1) is 5.41 Å². The molecule has 0 N–H and O–H groups in total. The summed E-state index contributed by atoms with van der Waals surface area (Å²) >= 11 is 0. The lowest BCUT2D eigenvalue weighted by Gasteiger charge is -2.12. The van der Waals surface area contributed by atoms with E-state index >= 15 is 0 Å².